The Labute approximate surface area is 185 Å². The second kappa shape index (κ2) is 9.01. The lowest BCUT2D eigenvalue weighted by atomic mass is 10.2. The van der Waals surface area contributed by atoms with E-state index >= 15 is 0 Å². The van der Waals surface area contributed by atoms with Crippen LogP contribution in [-0.4, -0.2) is 28.7 Å². The first kappa shape index (κ1) is 19.9. The molecule has 162 valence electrons. The summed E-state index contributed by atoms with van der Waals surface area (Å²) in [5, 5.41) is 2.99. The van der Waals surface area contributed by atoms with E-state index in [-0.39, 0.29) is 19.1 Å². The largest absolute Gasteiger partial charge is 0.486 e. The summed E-state index contributed by atoms with van der Waals surface area (Å²) in [5.41, 5.74) is 2.68. The molecule has 0 atom stereocenters. The summed E-state index contributed by atoms with van der Waals surface area (Å²) in [6.07, 6.45) is 0. The van der Waals surface area contributed by atoms with E-state index in [2.05, 4.69) is 10.3 Å². The number of amides is 1. The lowest BCUT2D eigenvalue weighted by molar-refractivity contribution is -0.121. The zero-order chi connectivity index (χ0) is 21.8. The highest BCUT2D eigenvalue weighted by atomic mass is 16.6. The van der Waals surface area contributed by atoms with Crippen molar-refractivity contribution < 1.29 is 19.0 Å². The highest BCUT2D eigenvalue weighted by Crippen LogP contribution is 2.30. The van der Waals surface area contributed by atoms with Gasteiger partial charge in [-0.2, -0.15) is 0 Å². The number of imidazole rings is 1. The number of carbonyl (C=O) groups is 1. The maximum Gasteiger partial charge on any atom is 0.240 e. The van der Waals surface area contributed by atoms with Gasteiger partial charge >= 0.3 is 0 Å². The number of hydrogen-bond donors (Lipinski definition) is 1. The van der Waals surface area contributed by atoms with Gasteiger partial charge in [-0.3, -0.25) is 4.79 Å². The number of rotatable bonds is 7. The topological polar surface area (TPSA) is 74.6 Å². The van der Waals surface area contributed by atoms with Gasteiger partial charge in [0.05, 0.1) is 11.0 Å². The normalized spacial score (nSPS) is 12.5. The Morgan fingerprint density at radius 1 is 0.969 bits per heavy atom. The standard InChI is InChI=1S/C25H23N3O4/c29-25(26-15-18-10-11-22-23(14-18)31-13-12-30-22)16-28-21-9-5-4-8-20(21)27-24(28)17-32-19-6-2-1-3-7-19/h1-11,14H,12-13,15-17H2,(H,26,29). The quantitative estimate of drug-likeness (QED) is 0.485. The van der Waals surface area contributed by atoms with E-state index in [4.69, 9.17) is 14.2 Å². The van der Waals surface area contributed by atoms with Crippen molar-refractivity contribution in [3.05, 3.63) is 84.2 Å². The molecular weight excluding hydrogens is 406 g/mol. The third kappa shape index (κ3) is 4.37. The van der Waals surface area contributed by atoms with Gasteiger partial charge in [0.1, 0.15) is 37.9 Å². The number of aromatic nitrogens is 2. The maximum absolute atomic E-state index is 12.8. The molecule has 0 fully saturated rings. The molecule has 1 aromatic heterocycles. The van der Waals surface area contributed by atoms with E-state index in [1.165, 1.54) is 0 Å². The van der Waals surface area contributed by atoms with E-state index < -0.39 is 0 Å². The molecule has 0 aliphatic carbocycles. The minimum Gasteiger partial charge on any atom is -0.486 e. The molecule has 3 aromatic carbocycles. The molecule has 7 nitrogen and oxygen atoms in total. The lowest BCUT2D eigenvalue weighted by Gasteiger charge is -2.19. The molecule has 32 heavy (non-hydrogen) atoms. The Kier molecular flexibility index (Phi) is 5.61. The van der Waals surface area contributed by atoms with Gasteiger partial charge in [-0.1, -0.05) is 36.4 Å². The van der Waals surface area contributed by atoms with Gasteiger partial charge in [-0.05, 0) is 42.0 Å². The number of para-hydroxylation sites is 3. The van der Waals surface area contributed by atoms with Crippen molar-refractivity contribution in [3.8, 4) is 17.2 Å². The van der Waals surface area contributed by atoms with Crippen LogP contribution in [0.2, 0.25) is 0 Å². The molecule has 1 N–H and O–H groups in total. The predicted octanol–water partition coefficient (Wildman–Crippen LogP) is 3.70. The van der Waals surface area contributed by atoms with Crippen LogP contribution < -0.4 is 19.5 Å². The van der Waals surface area contributed by atoms with Crippen LogP contribution in [0.25, 0.3) is 11.0 Å². The Balaban J connectivity index is 1.29. The lowest BCUT2D eigenvalue weighted by Crippen LogP contribution is -2.28. The van der Waals surface area contributed by atoms with Gasteiger partial charge < -0.3 is 24.1 Å². The van der Waals surface area contributed by atoms with Gasteiger partial charge in [0.25, 0.3) is 0 Å². The molecule has 5 rings (SSSR count). The molecule has 0 saturated carbocycles. The summed E-state index contributed by atoms with van der Waals surface area (Å²) in [5.74, 6) is 2.80. The average Bonchev–Trinajstić information content (AvgIpc) is 3.19. The van der Waals surface area contributed by atoms with Gasteiger partial charge in [-0.25, -0.2) is 4.98 Å². The Morgan fingerprint density at radius 2 is 1.75 bits per heavy atom. The van der Waals surface area contributed by atoms with Crippen LogP contribution in [0.1, 0.15) is 11.4 Å². The number of ether oxygens (including phenoxy) is 3. The molecule has 0 radical (unpaired) electrons. The molecule has 0 bridgehead atoms. The third-order valence-electron chi connectivity index (χ3n) is 5.24. The van der Waals surface area contributed by atoms with Crippen molar-refractivity contribution in [1.29, 1.82) is 0 Å². The molecule has 7 heteroatoms. The minimum absolute atomic E-state index is 0.107. The van der Waals surface area contributed by atoms with Crippen molar-refractivity contribution in [2.45, 2.75) is 19.7 Å². The molecule has 0 spiro atoms. The van der Waals surface area contributed by atoms with E-state index in [1.807, 2.05) is 77.4 Å². The van der Waals surface area contributed by atoms with Crippen LogP contribution in [0.4, 0.5) is 0 Å². The fourth-order valence-corrected chi connectivity index (χ4v) is 3.67. The highest BCUT2D eigenvalue weighted by Gasteiger charge is 2.15. The first-order valence-corrected chi connectivity index (χ1v) is 10.5. The van der Waals surface area contributed by atoms with E-state index in [1.54, 1.807) is 0 Å². The van der Waals surface area contributed by atoms with Crippen molar-refractivity contribution in [3.63, 3.8) is 0 Å². The summed E-state index contributed by atoms with van der Waals surface area (Å²) in [4.78, 5) is 17.5. The average molecular weight is 429 g/mol. The number of carbonyl (C=O) groups excluding carboxylic acids is 1. The fraction of sp³-hybridized carbons (Fsp3) is 0.200. The second-order valence-electron chi connectivity index (χ2n) is 7.46. The van der Waals surface area contributed by atoms with Crippen molar-refractivity contribution in [1.82, 2.24) is 14.9 Å². The Hall–Kier alpha value is -4.00. The van der Waals surface area contributed by atoms with Crippen LogP contribution in [-0.2, 0) is 24.5 Å². The minimum atomic E-state index is -0.107. The second-order valence-corrected chi connectivity index (χ2v) is 7.46. The van der Waals surface area contributed by atoms with Gasteiger partial charge in [-0.15, -0.1) is 0 Å². The molecule has 2 heterocycles. The number of nitrogens with one attached hydrogen (secondary N) is 1. The van der Waals surface area contributed by atoms with Gasteiger partial charge in [0.2, 0.25) is 5.91 Å². The molecule has 0 saturated heterocycles. The van der Waals surface area contributed by atoms with Crippen LogP contribution in [0, 0.1) is 0 Å². The zero-order valence-corrected chi connectivity index (χ0v) is 17.5. The number of fused-ring (bicyclic) bond motifs is 2. The first-order chi connectivity index (χ1) is 15.8. The SMILES string of the molecule is O=C(Cn1c(COc2ccccc2)nc2ccccc21)NCc1ccc2c(c1)OCCO2. The third-order valence-corrected chi connectivity index (χ3v) is 5.24. The van der Waals surface area contributed by atoms with Crippen molar-refractivity contribution in [2.75, 3.05) is 13.2 Å². The molecular formula is C25H23N3O4. The highest BCUT2D eigenvalue weighted by molar-refractivity contribution is 5.81. The van der Waals surface area contributed by atoms with Crippen LogP contribution in [0.15, 0.2) is 72.8 Å². The van der Waals surface area contributed by atoms with Crippen LogP contribution in [0.3, 0.4) is 0 Å². The van der Waals surface area contributed by atoms with Crippen LogP contribution in [0.5, 0.6) is 17.2 Å². The first-order valence-electron chi connectivity index (χ1n) is 10.5. The molecule has 1 amide bonds. The molecule has 4 aromatic rings. The van der Waals surface area contributed by atoms with Crippen LogP contribution >= 0.6 is 0 Å². The number of nitrogens with zero attached hydrogens (tertiary/aromatic N) is 2. The summed E-state index contributed by atoms with van der Waals surface area (Å²) in [7, 11) is 0. The van der Waals surface area contributed by atoms with Gasteiger partial charge in [0, 0.05) is 6.54 Å². The zero-order valence-electron chi connectivity index (χ0n) is 17.5. The van der Waals surface area contributed by atoms with Crippen molar-refractivity contribution >= 4 is 16.9 Å². The van der Waals surface area contributed by atoms with Crippen molar-refractivity contribution in [2.24, 2.45) is 0 Å². The Bertz CT molecular complexity index is 1240. The summed E-state index contributed by atoms with van der Waals surface area (Å²) >= 11 is 0. The van der Waals surface area contributed by atoms with E-state index in [9.17, 15) is 4.79 Å². The predicted molar refractivity (Wildman–Crippen MR) is 120 cm³/mol. The molecule has 1 aliphatic heterocycles. The Morgan fingerprint density at radius 3 is 2.62 bits per heavy atom. The summed E-state index contributed by atoms with van der Waals surface area (Å²) in [6, 6.07) is 23.0. The van der Waals surface area contributed by atoms with E-state index in [0.29, 0.717) is 31.3 Å². The molecule has 0 unspecified atom stereocenters. The smallest absolute Gasteiger partial charge is 0.240 e. The monoisotopic (exact) mass is 429 g/mol. The summed E-state index contributed by atoms with van der Waals surface area (Å²) in [6.45, 7) is 1.91. The summed E-state index contributed by atoms with van der Waals surface area (Å²) < 4.78 is 19.0. The fourth-order valence-electron chi connectivity index (χ4n) is 3.67. The maximum atomic E-state index is 12.8. The van der Waals surface area contributed by atoms with Gasteiger partial charge in [0.15, 0.2) is 11.5 Å². The van der Waals surface area contributed by atoms with E-state index in [0.717, 1.165) is 28.1 Å². The number of hydrogen-bond acceptors (Lipinski definition) is 5. The number of benzene rings is 3. The molecule has 1 aliphatic rings.